The summed E-state index contributed by atoms with van der Waals surface area (Å²) in [6.07, 6.45) is 8.80. The van der Waals surface area contributed by atoms with Gasteiger partial charge in [-0.15, -0.1) is 11.3 Å². The van der Waals surface area contributed by atoms with Crippen LogP contribution in [0.5, 0.6) is 5.88 Å². The van der Waals surface area contributed by atoms with Crippen molar-refractivity contribution in [3.05, 3.63) is 35.4 Å². The minimum Gasteiger partial charge on any atom is -0.479 e. The summed E-state index contributed by atoms with van der Waals surface area (Å²) in [6, 6.07) is 1.80. The van der Waals surface area contributed by atoms with Crippen LogP contribution in [0.4, 0.5) is 4.79 Å². The summed E-state index contributed by atoms with van der Waals surface area (Å²) in [5.41, 5.74) is 0.776. The number of ether oxygens (including phenoxy) is 2. The van der Waals surface area contributed by atoms with Crippen LogP contribution in [0.15, 0.2) is 29.7 Å². The number of aliphatic carboxylic acids is 1. The van der Waals surface area contributed by atoms with Gasteiger partial charge in [-0.05, 0) is 69.4 Å². The third kappa shape index (κ3) is 6.72. The molecule has 15 heteroatoms. The largest absolute Gasteiger partial charge is 0.479 e. The van der Waals surface area contributed by atoms with Gasteiger partial charge in [0.05, 0.1) is 17.8 Å². The monoisotopic (exact) mass is 691 g/mol. The summed E-state index contributed by atoms with van der Waals surface area (Å²) in [7, 11) is 1.81. The van der Waals surface area contributed by atoms with Crippen LogP contribution >= 0.6 is 11.3 Å². The van der Waals surface area contributed by atoms with Gasteiger partial charge in [-0.2, -0.15) is 10.1 Å². The van der Waals surface area contributed by atoms with Crippen LogP contribution in [0.2, 0.25) is 0 Å². The van der Waals surface area contributed by atoms with Crippen LogP contribution in [0.3, 0.4) is 0 Å². The molecule has 0 aromatic carbocycles. The van der Waals surface area contributed by atoms with Gasteiger partial charge in [0, 0.05) is 19.4 Å². The van der Waals surface area contributed by atoms with E-state index in [2.05, 4.69) is 15.7 Å². The van der Waals surface area contributed by atoms with Crippen LogP contribution in [0.1, 0.15) is 69.9 Å². The third-order valence-electron chi connectivity index (χ3n) is 10.0. The molecule has 3 N–H and O–H groups in total. The van der Waals surface area contributed by atoms with Crippen molar-refractivity contribution < 1.29 is 33.8 Å². The molecule has 49 heavy (non-hydrogen) atoms. The fourth-order valence-electron chi connectivity index (χ4n) is 6.97. The summed E-state index contributed by atoms with van der Waals surface area (Å²) in [5, 5.41) is 22.1. The molecule has 0 bridgehead atoms. The molecule has 7 rings (SSSR count). The van der Waals surface area contributed by atoms with Gasteiger partial charge in [0.15, 0.2) is 5.82 Å². The molecular formula is C34H41N7O7S. The average molecular weight is 692 g/mol. The fourth-order valence-corrected chi connectivity index (χ4v) is 7.73. The van der Waals surface area contributed by atoms with Gasteiger partial charge in [-0.3, -0.25) is 14.3 Å². The Morgan fingerprint density at radius 2 is 1.96 bits per heavy atom. The number of allylic oxidation sites excluding steroid dienone is 1. The SMILES string of the molecule is Cc1cc(-c2nc(O[C@@H]3C[C@H]4C(=O)N[C@]5(C(=O)O)C[C@@H]5/C=C\CCCCC[C@H](NC(=O)OC5CCC5)C(=O)N4C3)c3sccc3n2)n(C)n1. The Labute approximate surface area is 287 Å². The normalized spacial score (nSPS) is 28.3. The number of hydrogen-bond acceptors (Lipinski definition) is 10. The Morgan fingerprint density at radius 3 is 2.69 bits per heavy atom. The lowest BCUT2D eigenvalue weighted by Crippen LogP contribution is -2.56. The first-order chi connectivity index (χ1) is 23.6. The van der Waals surface area contributed by atoms with Crippen LogP contribution in [0, 0.1) is 12.8 Å². The number of fused-ring (bicyclic) bond motifs is 3. The fraction of sp³-hybridized carbons (Fsp3) is 0.559. The number of carbonyl (C=O) groups excluding carboxylic acids is 3. The standard InChI is InChI=1S/C34H41N7O7S/c1-19-15-25(40(2)39-19)28-35-23-13-14-49-27(23)30(37-28)47-22-16-26-29(42)38-34(32(44)45)17-20(34)9-6-4-3-5-7-12-24(31(43)41(26)18-22)36-33(46)48-21-10-8-11-21/h6,9,13-15,20-22,24,26H,3-5,7-8,10-12,16-18H2,1-2H3,(H,36,46)(H,38,42)(H,44,45)/b9-6-/t20-,22+,24-,26-,34+/m0/s1. The van der Waals surface area contributed by atoms with Crippen molar-refractivity contribution in [3.63, 3.8) is 0 Å². The van der Waals surface area contributed by atoms with E-state index in [9.17, 15) is 24.3 Å². The minimum atomic E-state index is -1.43. The number of nitrogens with one attached hydrogen (secondary N) is 2. The first-order valence-corrected chi connectivity index (χ1v) is 17.9. The maximum atomic E-state index is 14.3. The van der Waals surface area contributed by atoms with E-state index in [0.29, 0.717) is 35.8 Å². The second-order valence-electron chi connectivity index (χ2n) is 13.6. The zero-order valence-electron chi connectivity index (χ0n) is 27.6. The Morgan fingerprint density at radius 1 is 1.12 bits per heavy atom. The van der Waals surface area contributed by atoms with Gasteiger partial charge in [0.25, 0.3) is 0 Å². The number of carboxylic acid groups (broad SMARTS) is 1. The number of thiophene rings is 1. The van der Waals surface area contributed by atoms with Crippen LogP contribution in [0.25, 0.3) is 21.7 Å². The molecule has 2 aliphatic carbocycles. The summed E-state index contributed by atoms with van der Waals surface area (Å²) < 4.78 is 14.5. The van der Waals surface area contributed by atoms with Crippen molar-refractivity contribution in [2.24, 2.45) is 13.0 Å². The van der Waals surface area contributed by atoms with E-state index < -0.39 is 47.6 Å². The van der Waals surface area contributed by atoms with Crippen molar-refractivity contribution in [1.82, 2.24) is 35.3 Å². The minimum absolute atomic E-state index is 0.0349. The number of hydrogen-bond donors (Lipinski definition) is 3. The lowest BCUT2D eigenvalue weighted by molar-refractivity contribution is -0.145. The Bertz CT molecular complexity index is 1800. The van der Waals surface area contributed by atoms with Crippen LogP contribution in [-0.4, -0.2) is 90.0 Å². The molecule has 3 aromatic rings. The molecule has 4 aliphatic rings. The van der Waals surface area contributed by atoms with E-state index in [-0.39, 0.29) is 31.4 Å². The Kier molecular flexibility index (Phi) is 9.03. The summed E-state index contributed by atoms with van der Waals surface area (Å²) in [6.45, 7) is 1.92. The maximum Gasteiger partial charge on any atom is 0.408 e. The molecule has 2 aliphatic heterocycles. The van der Waals surface area contributed by atoms with Gasteiger partial charge < -0.3 is 30.1 Å². The highest BCUT2D eigenvalue weighted by molar-refractivity contribution is 7.17. The van der Waals surface area contributed by atoms with E-state index in [1.807, 2.05) is 43.6 Å². The predicted octanol–water partition coefficient (Wildman–Crippen LogP) is 3.88. The first-order valence-electron chi connectivity index (χ1n) is 17.0. The van der Waals surface area contributed by atoms with Crippen molar-refractivity contribution in [2.75, 3.05) is 6.54 Å². The summed E-state index contributed by atoms with van der Waals surface area (Å²) in [5.74, 6) is -1.70. The molecule has 5 heterocycles. The van der Waals surface area contributed by atoms with Gasteiger partial charge in [0.2, 0.25) is 17.7 Å². The van der Waals surface area contributed by atoms with Crippen molar-refractivity contribution in [1.29, 1.82) is 0 Å². The lowest BCUT2D eigenvalue weighted by Gasteiger charge is -2.30. The molecule has 0 unspecified atom stereocenters. The Balaban J connectivity index is 1.19. The molecule has 0 radical (unpaired) electrons. The number of carboxylic acids is 1. The number of nitrogens with zero attached hydrogens (tertiary/aromatic N) is 5. The highest BCUT2D eigenvalue weighted by Gasteiger charge is 2.61. The molecule has 2 saturated carbocycles. The topological polar surface area (TPSA) is 178 Å². The maximum absolute atomic E-state index is 14.3. The zero-order chi connectivity index (χ0) is 34.3. The second kappa shape index (κ2) is 13.4. The number of aryl methyl sites for hydroxylation is 2. The summed E-state index contributed by atoms with van der Waals surface area (Å²) >= 11 is 1.42. The van der Waals surface area contributed by atoms with Gasteiger partial charge >= 0.3 is 12.1 Å². The quantitative estimate of drug-likeness (QED) is 0.322. The van der Waals surface area contributed by atoms with E-state index in [1.54, 1.807) is 4.68 Å². The Hall–Kier alpha value is -4.53. The molecule has 3 aromatic heterocycles. The lowest BCUT2D eigenvalue weighted by atomic mass is 9.96. The van der Waals surface area contributed by atoms with Crippen molar-refractivity contribution in [2.45, 2.75) is 101 Å². The van der Waals surface area contributed by atoms with E-state index in [0.717, 1.165) is 48.9 Å². The van der Waals surface area contributed by atoms with Gasteiger partial charge in [0.1, 0.15) is 40.2 Å². The van der Waals surface area contributed by atoms with E-state index in [1.165, 1.54) is 16.2 Å². The second-order valence-corrected chi connectivity index (χ2v) is 14.5. The van der Waals surface area contributed by atoms with Gasteiger partial charge in [-0.1, -0.05) is 25.0 Å². The number of carbonyl (C=O) groups is 4. The highest BCUT2D eigenvalue weighted by atomic mass is 32.1. The van der Waals surface area contributed by atoms with Crippen molar-refractivity contribution in [3.8, 4) is 17.4 Å². The van der Waals surface area contributed by atoms with E-state index >= 15 is 0 Å². The molecule has 3 amide bonds. The smallest absolute Gasteiger partial charge is 0.408 e. The van der Waals surface area contributed by atoms with Gasteiger partial charge in [-0.25, -0.2) is 14.6 Å². The molecule has 5 atom stereocenters. The first kappa shape index (κ1) is 33.0. The predicted molar refractivity (Wildman–Crippen MR) is 179 cm³/mol. The molecule has 14 nitrogen and oxygen atoms in total. The molecule has 1 saturated heterocycles. The zero-order valence-corrected chi connectivity index (χ0v) is 28.4. The summed E-state index contributed by atoms with van der Waals surface area (Å²) in [4.78, 5) is 64.6. The molecular weight excluding hydrogens is 650 g/mol. The molecule has 260 valence electrons. The van der Waals surface area contributed by atoms with Crippen molar-refractivity contribution >= 4 is 45.4 Å². The van der Waals surface area contributed by atoms with Crippen LogP contribution < -0.4 is 15.4 Å². The number of rotatable bonds is 6. The molecule has 0 spiro atoms. The number of alkyl carbamates (subject to hydrolysis) is 1. The highest BCUT2D eigenvalue weighted by Crippen LogP contribution is 2.45. The molecule has 3 fully saturated rings. The average Bonchev–Trinajstić information content (AvgIpc) is 3.37. The van der Waals surface area contributed by atoms with E-state index in [4.69, 9.17) is 19.4 Å². The third-order valence-corrected chi connectivity index (χ3v) is 10.9. The number of aromatic nitrogens is 4. The van der Waals surface area contributed by atoms with Crippen LogP contribution in [-0.2, 0) is 26.2 Å². The number of amides is 3.